The van der Waals surface area contributed by atoms with Crippen LogP contribution in [0.25, 0.3) is 11.0 Å². The van der Waals surface area contributed by atoms with Gasteiger partial charge in [0.15, 0.2) is 5.43 Å². The van der Waals surface area contributed by atoms with Crippen molar-refractivity contribution in [2.75, 3.05) is 27.2 Å². The molecule has 1 aliphatic heterocycles. The summed E-state index contributed by atoms with van der Waals surface area (Å²) in [6.45, 7) is 1.11. The number of fused-ring (bicyclic) bond motifs is 2. The van der Waals surface area contributed by atoms with E-state index in [4.69, 9.17) is 4.42 Å². The second-order valence-electron chi connectivity index (χ2n) is 6.97. The molecule has 138 valence electrons. The number of benzene rings is 2. The van der Waals surface area contributed by atoms with Crippen LogP contribution in [0.4, 0.5) is 0 Å². The fourth-order valence-corrected chi connectivity index (χ4v) is 3.51. The highest BCUT2D eigenvalue weighted by atomic mass is 16.3. The van der Waals surface area contributed by atoms with Crippen molar-refractivity contribution in [2.45, 2.75) is 6.04 Å². The largest absolute Gasteiger partial charge is 0.508 e. The average molecular weight is 364 g/mol. The van der Waals surface area contributed by atoms with Crippen LogP contribution in [-0.2, 0) is 0 Å². The van der Waals surface area contributed by atoms with Crippen LogP contribution < -0.4 is 5.43 Å². The first-order valence-corrected chi connectivity index (χ1v) is 8.77. The third kappa shape index (κ3) is 2.88. The fourth-order valence-electron chi connectivity index (χ4n) is 3.51. The van der Waals surface area contributed by atoms with E-state index in [0.717, 1.165) is 5.56 Å². The summed E-state index contributed by atoms with van der Waals surface area (Å²) < 4.78 is 5.86. The van der Waals surface area contributed by atoms with E-state index in [1.807, 2.05) is 19.0 Å². The molecule has 0 radical (unpaired) electrons. The number of phenols is 1. The molecular weight excluding hydrogens is 344 g/mol. The van der Waals surface area contributed by atoms with Crippen LogP contribution in [-0.4, -0.2) is 48.0 Å². The number of carbonyl (C=O) groups is 1. The number of para-hydroxylation sites is 1. The predicted molar refractivity (Wildman–Crippen MR) is 102 cm³/mol. The SMILES string of the molecule is CN(C)CCN1C(=O)c2oc3ccccc3c(=O)c2[C@H]1c1ccc(O)cc1. The highest BCUT2D eigenvalue weighted by molar-refractivity contribution is 5.99. The molecule has 0 fully saturated rings. The lowest BCUT2D eigenvalue weighted by atomic mass is 9.98. The summed E-state index contributed by atoms with van der Waals surface area (Å²) in [5, 5.41) is 10.1. The van der Waals surface area contributed by atoms with Crippen molar-refractivity contribution in [2.24, 2.45) is 0 Å². The Labute approximate surface area is 156 Å². The van der Waals surface area contributed by atoms with Gasteiger partial charge in [-0.1, -0.05) is 24.3 Å². The molecule has 1 N–H and O–H groups in total. The Bertz CT molecular complexity index is 1070. The fraction of sp³-hybridized carbons (Fsp3) is 0.238. The van der Waals surface area contributed by atoms with Crippen molar-refractivity contribution in [3.8, 4) is 5.75 Å². The van der Waals surface area contributed by atoms with Crippen LogP contribution in [0.15, 0.2) is 57.7 Å². The molecule has 6 heteroatoms. The monoisotopic (exact) mass is 364 g/mol. The first-order chi connectivity index (χ1) is 13.0. The predicted octanol–water partition coefficient (Wildman–Crippen LogP) is 2.61. The van der Waals surface area contributed by atoms with Crippen molar-refractivity contribution in [1.29, 1.82) is 0 Å². The van der Waals surface area contributed by atoms with E-state index in [0.29, 0.717) is 29.6 Å². The number of nitrogens with zero attached hydrogens (tertiary/aromatic N) is 2. The second kappa shape index (κ2) is 6.55. The van der Waals surface area contributed by atoms with E-state index in [1.165, 1.54) is 0 Å². The molecule has 1 atom stereocenters. The van der Waals surface area contributed by atoms with Gasteiger partial charge in [0.2, 0.25) is 5.76 Å². The van der Waals surface area contributed by atoms with E-state index in [9.17, 15) is 14.7 Å². The molecule has 27 heavy (non-hydrogen) atoms. The summed E-state index contributed by atoms with van der Waals surface area (Å²) in [4.78, 5) is 29.9. The quantitative estimate of drug-likeness (QED) is 0.770. The van der Waals surface area contributed by atoms with Crippen molar-refractivity contribution in [3.05, 3.63) is 75.6 Å². The van der Waals surface area contributed by atoms with E-state index < -0.39 is 6.04 Å². The highest BCUT2D eigenvalue weighted by Crippen LogP contribution is 2.38. The van der Waals surface area contributed by atoms with Crippen LogP contribution >= 0.6 is 0 Å². The molecule has 1 aliphatic rings. The molecule has 0 saturated carbocycles. The summed E-state index contributed by atoms with van der Waals surface area (Å²) in [5.41, 5.74) is 1.35. The van der Waals surface area contributed by atoms with E-state index in [2.05, 4.69) is 0 Å². The minimum atomic E-state index is -0.533. The lowest BCUT2D eigenvalue weighted by Gasteiger charge is -2.26. The maximum Gasteiger partial charge on any atom is 0.290 e. The number of hydrogen-bond acceptors (Lipinski definition) is 5. The number of hydrogen-bond donors (Lipinski definition) is 1. The van der Waals surface area contributed by atoms with Crippen LogP contribution in [0.2, 0.25) is 0 Å². The minimum Gasteiger partial charge on any atom is -0.508 e. The Balaban J connectivity index is 1.93. The van der Waals surface area contributed by atoms with Crippen molar-refractivity contribution >= 4 is 16.9 Å². The van der Waals surface area contributed by atoms with Crippen LogP contribution in [0.5, 0.6) is 5.75 Å². The summed E-state index contributed by atoms with van der Waals surface area (Å²) in [5.74, 6) is -0.0445. The lowest BCUT2D eigenvalue weighted by Crippen LogP contribution is -2.35. The Morgan fingerprint density at radius 1 is 1.07 bits per heavy atom. The van der Waals surface area contributed by atoms with E-state index in [1.54, 1.807) is 53.4 Å². The summed E-state index contributed by atoms with van der Waals surface area (Å²) in [6, 6.07) is 13.0. The topological polar surface area (TPSA) is 74.0 Å². The summed E-state index contributed by atoms with van der Waals surface area (Å²) >= 11 is 0. The molecule has 3 aromatic rings. The number of phenolic OH excluding ortho intramolecular Hbond substituents is 1. The number of amides is 1. The van der Waals surface area contributed by atoms with Gasteiger partial charge < -0.3 is 19.3 Å². The molecule has 0 saturated heterocycles. The molecule has 2 aromatic carbocycles. The van der Waals surface area contributed by atoms with Gasteiger partial charge in [0, 0.05) is 13.1 Å². The average Bonchev–Trinajstić information content (AvgIpc) is 2.93. The number of aromatic hydroxyl groups is 1. The van der Waals surface area contributed by atoms with E-state index in [-0.39, 0.29) is 22.8 Å². The van der Waals surface area contributed by atoms with Gasteiger partial charge in [0.25, 0.3) is 5.91 Å². The standard InChI is InChI=1S/C21H20N2O4/c1-22(2)11-12-23-18(13-7-9-14(24)10-8-13)17-19(25)15-5-3-4-6-16(15)27-20(17)21(23)26/h3-10,18,24H,11-12H2,1-2H3/t18-/m1/s1. The van der Waals surface area contributed by atoms with Crippen LogP contribution in [0.1, 0.15) is 27.7 Å². The number of carbonyl (C=O) groups excluding carboxylic acids is 1. The normalized spacial score (nSPS) is 16.3. The van der Waals surface area contributed by atoms with Gasteiger partial charge in [-0.25, -0.2) is 0 Å². The lowest BCUT2D eigenvalue weighted by molar-refractivity contribution is 0.0716. The van der Waals surface area contributed by atoms with Crippen molar-refractivity contribution in [3.63, 3.8) is 0 Å². The molecule has 0 bridgehead atoms. The molecule has 0 unspecified atom stereocenters. The molecule has 1 aromatic heterocycles. The Hall–Kier alpha value is -3.12. The Morgan fingerprint density at radius 2 is 1.78 bits per heavy atom. The van der Waals surface area contributed by atoms with Gasteiger partial charge in [-0.05, 0) is 43.9 Å². The van der Waals surface area contributed by atoms with Gasteiger partial charge in [0.1, 0.15) is 11.3 Å². The van der Waals surface area contributed by atoms with Gasteiger partial charge in [-0.2, -0.15) is 0 Å². The molecule has 4 rings (SSSR count). The van der Waals surface area contributed by atoms with E-state index >= 15 is 0 Å². The third-order valence-electron chi connectivity index (χ3n) is 4.87. The molecule has 6 nitrogen and oxygen atoms in total. The molecule has 2 heterocycles. The smallest absolute Gasteiger partial charge is 0.290 e. The Kier molecular flexibility index (Phi) is 4.20. The summed E-state index contributed by atoms with van der Waals surface area (Å²) in [7, 11) is 3.86. The second-order valence-corrected chi connectivity index (χ2v) is 6.97. The van der Waals surface area contributed by atoms with Gasteiger partial charge in [-0.3, -0.25) is 9.59 Å². The zero-order valence-corrected chi connectivity index (χ0v) is 15.2. The third-order valence-corrected chi connectivity index (χ3v) is 4.87. The van der Waals surface area contributed by atoms with Gasteiger partial charge in [-0.15, -0.1) is 0 Å². The maximum absolute atomic E-state index is 13.2. The summed E-state index contributed by atoms with van der Waals surface area (Å²) in [6.07, 6.45) is 0. The van der Waals surface area contributed by atoms with Crippen molar-refractivity contribution in [1.82, 2.24) is 9.80 Å². The van der Waals surface area contributed by atoms with Gasteiger partial charge in [0.05, 0.1) is 17.0 Å². The molecule has 1 amide bonds. The minimum absolute atomic E-state index is 0.107. The number of rotatable bonds is 4. The molecular formula is C21H20N2O4. The van der Waals surface area contributed by atoms with Crippen molar-refractivity contribution < 1.29 is 14.3 Å². The zero-order valence-electron chi connectivity index (χ0n) is 15.2. The zero-order chi connectivity index (χ0) is 19.1. The first kappa shape index (κ1) is 17.3. The molecule has 0 aliphatic carbocycles. The number of likely N-dealkylation sites (N-methyl/N-ethyl adjacent to an activating group) is 1. The van der Waals surface area contributed by atoms with Crippen LogP contribution in [0.3, 0.4) is 0 Å². The van der Waals surface area contributed by atoms with Gasteiger partial charge >= 0.3 is 0 Å². The Morgan fingerprint density at radius 3 is 2.48 bits per heavy atom. The highest BCUT2D eigenvalue weighted by Gasteiger charge is 2.42. The van der Waals surface area contributed by atoms with Crippen LogP contribution in [0, 0.1) is 0 Å². The molecule has 0 spiro atoms. The first-order valence-electron chi connectivity index (χ1n) is 8.77. The maximum atomic E-state index is 13.2.